The fourth-order valence-electron chi connectivity index (χ4n) is 6.64. The molecule has 2 fully saturated rings. The summed E-state index contributed by atoms with van der Waals surface area (Å²) >= 11 is 0. The normalized spacial score (nSPS) is 47.5. The van der Waals surface area contributed by atoms with Gasteiger partial charge in [0.05, 0.1) is 11.5 Å². The van der Waals surface area contributed by atoms with Gasteiger partial charge < -0.3 is 29.5 Å². The lowest BCUT2D eigenvalue weighted by Crippen LogP contribution is -2.73. The van der Waals surface area contributed by atoms with Crippen molar-refractivity contribution in [3.8, 4) is 5.75 Å². The van der Waals surface area contributed by atoms with Gasteiger partial charge in [0.1, 0.15) is 17.5 Å². The standard InChI is InChI=1S/C24H27NO6/c1-25-13-12-21-19-15-8-11-23(28,29-2)24(19,30-16-6-4-3-5-7-16)31-20(21)17(26)9-10-22(21,27)18(25)14-15/h3-11,17-18,20,26-28H,12-14H2,1-2H3/t17-,18+,20-,21-,22+,23?,24?/m0/s1. The highest BCUT2D eigenvalue weighted by Gasteiger charge is 2.80. The maximum atomic E-state index is 12.2. The lowest BCUT2D eigenvalue weighted by atomic mass is 9.49. The number of ether oxygens (including phenoxy) is 3. The van der Waals surface area contributed by atoms with E-state index in [-0.39, 0.29) is 6.04 Å². The second-order valence-corrected chi connectivity index (χ2v) is 9.30. The Labute approximate surface area is 180 Å². The lowest BCUT2D eigenvalue weighted by molar-refractivity contribution is -0.330. The SMILES string of the molecule is COC1(O)C=CC2=C3C1(Oc1ccccc1)O[C@H]1[C@@H](O)C=C[C@@]4(O)[C@@H](C2)N(C)CC[C@]314. The molecule has 31 heavy (non-hydrogen) atoms. The molecule has 3 aliphatic carbocycles. The van der Waals surface area contributed by atoms with Crippen LogP contribution >= 0.6 is 0 Å². The Hall–Kier alpha value is -2.00. The zero-order valence-electron chi connectivity index (χ0n) is 17.6. The van der Waals surface area contributed by atoms with Crippen LogP contribution in [0.25, 0.3) is 0 Å². The third-order valence-corrected chi connectivity index (χ3v) is 8.06. The molecule has 0 radical (unpaired) electrons. The van der Waals surface area contributed by atoms with E-state index in [1.807, 2.05) is 31.3 Å². The zero-order chi connectivity index (χ0) is 21.6. The van der Waals surface area contributed by atoms with Crippen molar-refractivity contribution in [3.63, 3.8) is 0 Å². The molecule has 6 rings (SSSR count). The number of allylic oxidation sites excluding steroid dienone is 1. The van der Waals surface area contributed by atoms with Gasteiger partial charge in [-0.2, -0.15) is 0 Å². The molecule has 0 amide bonds. The minimum atomic E-state index is -1.94. The van der Waals surface area contributed by atoms with Crippen LogP contribution in [0.5, 0.6) is 5.75 Å². The summed E-state index contributed by atoms with van der Waals surface area (Å²) in [6.45, 7) is 0.723. The molecule has 1 aromatic carbocycles. The first-order chi connectivity index (χ1) is 14.8. The Bertz CT molecular complexity index is 1020. The highest BCUT2D eigenvalue weighted by atomic mass is 16.8. The van der Waals surface area contributed by atoms with Gasteiger partial charge in [0.25, 0.3) is 11.6 Å². The van der Waals surface area contributed by atoms with Gasteiger partial charge in [0.2, 0.25) is 0 Å². The van der Waals surface area contributed by atoms with Crippen molar-refractivity contribution in [2.45, 2.75) is 48.3 Å². The van der Waals surface area contributed by atoms with Crippen molar-refractivity contribution in [3.05, 3.63) is 65.8 Å². The van der Waals surface area contributed by atoms with Crippen molar-refractivity contribution in [2.75, 3.05) is 20.7 Å². The number of aliphatic hydroxyl groups is 3. The average molecular weight is 425 g/mol. The van der Waals surface area contributed by atoms with Gasteiger partial charge in [-0.1, -0.05) is 36.4 Å². The van der Waals surface area contributed by atoms with Gasteiger partial charge in [-0.3, -0.25) is 4.90 Å². The fraction of sp³-hybridized carbons (Fsp3) is 0.500. The quantitative estimate of drug-likeness (QED) is 0.494. The highest BCUT2D eigenvalue weighted by molar-refractivity contribution is 5.56. The summed E-state index contributed by atoms with van der Waals surface area (Å²) in [5.74, 6) is -3.18. The van der Waals surface area contributed by atoms with Crippen LogP contribution in [0.1, 0.15) is 12.8 Å². The molecule has 1 spiro atoms. The van der Waals surface area contributed by atoms with Crippen molar-refractivity contribution in [1.29, 1.82) is 0 Å². The van der Waals surface area contributed by atoms with E-state index < -0.39 is 34.8 Å². The molecule has 7 nitrogen and oxygen atoms in total. The minimum absolute atomic E-state index is 0.180. The first-order valence-corrected chi connectivity index (χ1v) is 10.7. The van der Waals surface area contributed by atoms with E-state index in [9.17, 15) is 15.3 Å². The van der Waals surface area contributed by atoms with Crippen LogP contribution in [0.3, 0.4) is 0 Å². The molecule has 0 saturated carbocycles. The highest BCUT2D eigenvalue weighted by Crippen LogP contribution is 2.69. The molecule has 0 aromatic heterocycles. The van der Waals surface area contributed by atoms with E-state index in [0.717, 1.165) is 12.1 Å². The fourth-order valence-corrected chi connectivity index (χ4v) is 6.64. The van der Waals surface area contributed by atoms with Crippen LogP contribution in [0, 0.1) is 5.41 Å². The molecular formula is C24H27NO6. The molecular weight excluding hydrogens is 398 g/mol. The molecule has 2 unspecified atom stereocenters. The predicted molar refractivity (Wildman–Crippen MR) is 111 cm³/mol. The summed E-state index contributed by atoms with van der Waals surface area (Å²) in [6.07, 6.45) is 6.11. The molecule has 2 aliphatic heterocycles. The van der Waals surface area contributed by atoms with Crippen LogP contribution in [0.2, 0.25) is 0 Å². The molecule has 2 saturated heterocycles. The minimum Gasteiger partial charge on any atom is -0.452 e. The number of methoxy groups -OCH3 is 1. The monoisotopic (exact) mass is 425 g/mol. The summed E-state index contributed by atoms with van der Waals surface area (Å²) < 4.78 is 18.6. The number of rotatable bonds is 3. The average Bonchev–Trinajstić information content (AvgIpc) is 3.08. The molecule has 2 heterocycles. The predicted octanol–water partition coefficient (Wildman–Crippen LogP) is 1.12. The number of piperidine rings is 1. The third kappa shape index (κ3) is 2.10. The Morgan fingerprint density at radius 1 is 1.16 bits per heavy atom. The Balaban J connectivity index is 1.65. The maximum absolute atomic E-state index is 12.2. The van der Waals surface area contributed by atoms with E-state index in [4.69, 9.17) is 14.2 Å². The topological polar surface area (TPSA) is 91.6 Å². The number of nitrogens with zero attached hydrogens (tertiary/aromatic N) is 1. The Kier molecular flexibility index (Phi) is 3.85. The van der Waals surface area contributed by atoms with E-state index in [1.165, 1.54) is 7.11 Å². The first kappa shape index (κ1) is 19.7. The Morgan fingerprint density at radius 2 is 1.94 bits per heavy atom. The number of para-hydroxylation sites is 1. The second-order valence-electron chi connectivity index (χ2n) is 9.30. The molecule has 2 bridgehead atoms. The van der Waals surface area contributed by atoms with Gasteiger partial charge in [-0.05, 0) is 50.2 Å². The van der Waals surface area contributed by atoms with Gasteiger partial charge in [-0.15, -0.1) is 0 Å². The van der Waals surface area contributed by atoms with Gasteiger partial charge >= 0.3 is 0 Å². The van der Waals surface area contributed by atoms with Crippen molar-refractivity contribution in [1.82, 2.24) is 4.90 Å². The molecule has 7 heteroatoms. The van der Waals surface area contributed by atoms with Crippen molar-refractivity contribution in [2.24, 2.45) is 5.41 Å². The summed E-state index contributed by atoms with van der Waals surface area (Å²) in [5, 5.41) is 34.8. The first-order valence-electron chi connectivity index (χ1n) is 10.7. The lowest BCUT2D eigenvalue weighted by Gasteiger charge is -2.62. The van der Waals surface area contributed by atoms with Crippen LogP contribution in [0.4, 0.5) is 0 Å². The van der Waals surface area contributed by atoms with Crippen LogP contribution in [0.15, 0.2) is 65.8 Å². The van der Waals surface area contributed by atoms with Crippen molar-refractivity contribution < 1.29 is 29.5 Å². The largest absolute Gasteiger partial charge is 0.452 e. The molecule has 5 aliphatic rings. The number of aliphatic hydroxyl groups excluding tert-OH is 1. The summed E-state index contributed by atoms with van der Waals surface area (Å²) in [4.78, 5) is 2.16. The van der Waals surface area contributed by atoms with E-state index in [0.29, 0.717) is 24.2 Å². The second kappa shape index (κ2) is 6.07. The van der Waals surface area contributed by atoms with Crippen LogP contribution in [-0.2, 0) is 9.47 Å². The smallest absolute Gasteiger partial charge is 0.293 e. The molecule has 3 N–H and O–H groups in total. The molecule has 164 valence electrons. The summed E-state index contributed by atoms with van der Waals surface area (Å²) in [5.41, 5.74) is -0.595. The summed E-state index contributed by atoms with van der Waals surface area (Å²) in [7, 11) is 3.41. The number of hydrogen-bond donors (Lipinski definition) is 3. The van der Waals surface area contributed by atoms with Gasteiger partial charge in [0.15, 0.2) is 0 Å². The van der Waals surface area contributed by atoms with E-state index >= 15 is 0 Å². The molecule has 7 atom stereocenters. The molecule has 1 aromatic rings. The number of benzene rings is 1. The zero-order valence-corrected chi connectivity index (χ0v) is 17.6. The van der Waals surface area contributed by atoms with E-state index in [1.54, 1.807) is 30.4 Å². The third-order valence-electron chi connectivity index (χ3n) is 8.06. The van der Waals surface area contributed by atoms with Crippen LogP contribution < -0.4 is 4.74 Å². The van der Waals surface area contributed by atoms with Crippen molar-refractivity contribution >= 4 is 0 Å². The van der Waals surface area contributed by atoms with Crippen LogP contribution in [-0.4, -0.2) is 76.3 Å². The van der Waals surface area contributed by atoms with Gasteiger partial charge in [-0.25, -0.2) is 0 Å². The Morgan fingerprint density at radius 3 is 2.68 bits per heavy atom. The summed E-state index contributed by atoms with van der Waals surface area (Å²) in [6, 6.07) is 8.94. The van der Waals surface area contributed by atoms with Gasteiger partial charge in [0, 0.05) is 18.7 Å². The van der Waals surface area contributed by atoms with E-state index in [2.05, 4.69) is 4.90 Å². The number of hydrogen-bond acceptors (Lipinski definition) is 7. The number of likely N-dealkylation sites (N-methyl/N-ethyl adjacent to an activating group) is 1. The maximum Gasteiger partial charge on any atom is 0.293 e. The number of likely N-dealkylation sites (tertiary alicyclic amines) is 1.